The van der Waals surface area contributed by atoms with Gasteiger partial charge in [0.2, 0.25) is 5.91 Å². The number of hydrogen-bond acceptors (Lipinski definition) is 5. The van der Waals surface area contributed by atoms with Gasteiger partial charge in [-0.1, -0.05) is 92.7 Å². The summed E-state index contributed by atoms with van der Waals surface area (Å²) in [5.74, 6) is -1.45. The molecular weight excluding hydrogens is 532 g/mol. The van der Waals surface area contributed by atoms with Crippen molar-refractivity contribution in [2.24, 2.45) is 11.8 Å². The van der Waals surface area contributed by atoms with E-state index in [0.717, 1.165) is 27.8 Å². The number of aliphatic carboxylic acids is 1. The van der Waals surface area contributed by atoms with E-state index < -0.39 is 30.1 Å². The first kappa shape index (κ1) is 30.8. The Balaban J connectivity index is 1.43. The Bertz CT molecular complexity index is 1310. The van der Waals surface area contributed by atoms with Crippen LogP contribution in [0.5, 0.6) is 0 Å². The molecule has 3 aromatic carbocycles. The Kier molecular flexibility index (Phi) is 10.7. The number of rotatable bonds is 14. The lowest BCUT2D eigenvalue weighted by Gasteiger charge is -2.26. The van der Waals surface area contributed by atoms with Crippen LogP contribution in [0.3, 0.4) is 0 Å². The van der Waals surface area contributed by atoms with Crippen LogP contribution in [0.1, 0.15) is 56.2 Å². The number of hydrogen-bond donors (Lipinski definition) is 3. The smallest absolute Gasteiger partial charge is 0.407 e. The maximum atomic E-state index is 13.4. The Hall–Kier alpha value is -4.17. The average molecular weight is 573 g/mol. The highest BCUT2D eigenvalue weighted by Crippen LogP contribution is 2.44. The Morgan fingerprint density at radius 3 is 2.05 bits per heavy atom. The molecule has 4 rings (SSSR count). The Labute approximate surface area is 247 Å². The first-order valence-electron chi connectivity index (χ1n) is 14.5. The topological polar surface area (TPSA) is 114 Å². The molecular formula is C34H40N2O6. The molecule has 0 aliphatic heterocycles. The zero-order valence-corrected chi connectivity index (χ0v) is 24.4. The van der Waals surface area contributed by atoms with Gasteiger partial charge in [0, 0.05) is 18.9 Å². The van der Waals surface area contributed by atoms with E-state index in [1.165, 1.54) is 0 Å². The molecule has 1 aliphatic carbocycles. The van der Waals surface area contributed by atoms with Gasteiger partial charge in [-0.05, 0) is 53.0 Å². The van der Waals surface area contributed by atoms with Gasteiger partial charge in [-0.15, -0.1) is 0 Å². The molecule has 0 saturated heterocycles. The van der Waals surface area contributed by atoms with Crippen molar-refractivity contribution in [1.29, 1.82) is 0 Å². The number of carbonyl (C=O) groups is 3. The van der Waals surface area contributed by atoms with E-state index in [1.807, 2.05) is 80.6 Å². The number of benzene rings is 3. The summed E-state index contributed by atoms with van der Waals surface area (Å²) in [6.07, 6.45) is -0.815. The van der Waals surface area contributed by atoms with Gasteiger partial charge in [0.1, 0.15) is 12.6 Å². The van der Waals surface area contributed by atoms with Crippen molar-refractivity contribution in [3.05, 3.63) is 95.6 Å². The van der Waals surface area contributed by atoms with E-state index >= 15 is 0 Å². The Morgan fingerprint density at radius 1 is 0.857 bits per heavy atom. The summed E-state index contributed by atoms with van der Waals surface area (Å²) in [5.41, 5.74) is 5.37. The summed E-state index contributed by atoms with van der Waals surface area (Å²) >= 11 is 0. The van der Waals surface area contributed by atoms with Gasteiger partial charge in [0.15, 0.2) is 0 Å². The van der Waals surface area contributed by atoms with E-state index in [2.05, 4.69) is 22.8 Å². The summed E-state index contributed by atoms with van der Waals surface area (Å²) in [6.45, 7) is 6.29. The van der Waals surface area contributed by atoms with Crippen molar-refractivity contribution < 1.29 is 29.0 Å². The molecule has 2 amide bonds. The fourth-order valence-corrected chi connectivity index (χ4v) is 5.57. The minimum absolute atomic E-state index is 0.0526. The van der Waals surface area contributed by atoms with Gasteiger partial charge in [-0.25, -0.2) is 4.79 Å². The van der Waals surface area contributed by atoms with Crippen LogP contribution in [0.15, 0.2) is 78.9 Å². The summed E-state index contributed by atoms with van der Waals surface area (Å²) in [7, 11) is 0. The predicted molar refractivity (Wildman–Crippen MR) is 161 cm³/mol. The van der Waals surface area contributed by atoms with Gasteiger partial charge in [-0.3, -0.25) is 9.59 Å². The number of ether oxygens (including phenoxy) is 2. The highest BCUT2D eigenvalue weighted by molar-refractivity contribution is 5.86. The zero-order valence-electron chi connectivity index (χ0n) is 24.4. The van der Waals surface area contributed by atoms with Crippen LogP contribution in [0.25, 0.3) is 11.1 Å². The molecule has 0 radical (unpaired) electrons. The summed E-state index contributed by atoms with van der Waals surface area (Å²) in [4.78, 5) is 37.9. The molecule has 0 fully saturated rings. The molecule has 0 bridgehead atoms. The molecule has 8 nitrogen and oxygen atoms in total. The number of carbonyl (C=O) groups excluding carboxylic acids is 2. The fourth-order valence-electron chi connectivity index (χ4n) is 5.57. The number of carboxylic acids is 1. The lowest BCUT2D eigenvalue weighted by Crippen LogP contribution is -2.54. The quantitative estimate of drug-likeness (QED) is 0.227. The normalized spacial score (nSPS) is 14.4. The van der Waals surface area contributed by atoms with E-state index in [-0.39, 0.29) is 43.9 Å². The fraction of sp³-hybridized carbons (Fsp3) is 0.382. The maximum absolute atomic E-state index is 13.4. The van der Waals surface area contributed by atoms with Gasteiger partial charge in [0.05, 0.1) is 12.7 Å². The van der Waals surface area contributed by atoms with Crippen molar-refractivity contribution in [1.82, 2.24) is 10.6 Å². The number of nitrogens with one attached hydrogen (secondary N) is 2. The van der Waals surface area contributed by atoms with E-state index in [1.54, 1.807) is 6.92 Å². The summed E-state index contributed by atoms with van der Waals surface area (Å²) < 4.78 is 11.7. The van der Waals surface area contributed by atoms with E-state index in [4.69, 9.17) is 9.47 Å². The number of amides is 2. The van der Waals surface area contributed by atoms with Crippen molar-refractivity contribution in [2.75, 3.05) is 13.2 Å². The third-order valence-electron chi connectivity index (χ3n) is 7.56. The standard InChI is InChI=1S/C34H40N2O6/c1-22(2)17-25(18-31(37)38)19-35-33(39)32(23(3)41-20-24-11-5-4-6-12-24)36-34(40)42-21-30-28-15-9-7-13-26(28)27-14-8-10-16-29(27)30/h4-16,22-23,25,30,32H,17-21H2,1-3H3,(H,35,39)(H,36,40)(H,37,38)/t23-,25-,32+/m0/s1. The molecule has 222 valence electrons. The largest absolute Gasteiger partial charge is 0.481 e. The lowest BCUT2D eigenvalue weighted by molar-refractivity contribution is -0.138. The molecule has 3 N–H and O–H groups in total. The first-order chi connectivity index (χ1) is 20.2. The van der Waals surface area contributed by atoms with Crippen molar-refractivity contribution >= 4 is 18.0 Å². The highest BCUT2D eigenvalue weighted by Gasteiger charge is 2.32. The van der Waals surface area contributed by atoms with Crippen LogP contribution < -0.4 is 10.6 Å². The zero-order chi connectivity index (χ0) is 30.1. The van der Waals surface area contributed by atoms with Gasteiger partial charge >= 0.3 is 12.1 Å². The molecule has 3 atom stereocenters. The third kappa shape index (κ3) is 8.19. The number of carboxylic acid groups (broad SMARTS) is 1. The second-order valence-corrected chi connectivity index (χ2v) is 11.3. The monoisotopic (exact) mass is 572 g/mol. The molecule has 0 unspecified atom stereocenters. The van der Waals surface area contributed by atoms with Crippen LogP contribution in [-0.4, -0.2) is 48.4 Å². The molecule has 0 heterocycles. The van der Waals surface area contributed by atoms with Crippen molar-refractivity contribution in [3.63, 3.8) is 0 Å². The average Bonchev–Trinajstić information content (AvgIpc) is 3.29. The van der Waals surface area contributed by atoms with Crippen LogP contribution >= 0.6 is 0 Å². The Morgan fingerprint density at radius 2 is 1.45 bits per heavy atom. The molecule has 1 aliphatic rings. The van der Waals surface area contributed by atoms with Crippen LogP contribution in [0.4, 0.5) is 4.79 Å². The van der Waals surface area contributed by atoms with Gasteiger partial charge < -0.3 is 25.2 Å². The molecule has 0 aromatic heterocycles. The lowest BCUT2D eigenvalue weighted by atomic mass is 9.94. The minimum atomic E-state index is -1.05. The van der Waals surface area contributed by atoms with Crippen molar-refractivity contribution in [3.8, 4) is 11.1 Å². The van der Waals surface area contributed by atoms with E-state index in [0.29, 0.717) is 6.42 Å². The molecule has 0 spiro atoms. The van der Waals surface area contributed by atoms with Crippen molar-refractivity contribution in [2.45, 2.75) is 58.3 Å². The minimum Gasteiger partial charge on any atom is -0.481 e. The van der Waals surface area contributed by atoms with E-state index in [9.17, 15) is 19.5 Å². The first-order valence-corrected chi connectivity index (χ1v) is 14.5. The number of alkyl carbamates (subject to hydrolysis) is 1. The molecule has 0 saturated carbocycles. The van der Waals surface area contributed by atoms with Gasteiger partial charge in [0.25, 0.3) is 0 Å². The van der Waals surface area contributed by atoms with Gasteiger partial charge in [-0.2, -0.15) is 0 Å². The van der Waals surface area contributed by atoms with Crippen LogP contribution in [0.2, 0.25) is 0 Å². The second-order valence-electron chi connectivity index (χ2n) is 11.3. The molecule has 3 aromatic rings. The SMILES string of the molecule is CC(C)C[C@H](CNC(=O)[C@H](NC(=O)OCC1c2ccccc2-c2ccccc21)[C@H](C)OCc1ccccc1)CC(=O)O. The molecule has 42 heavy (non-hydrogen) atoms. The summed E-state index contributed by atoms with van der Waals surface area (Å²) in [5, 5.41) is 14.9. The highest BCUT2D eigenvalue weighted by atomic mass is 16.5. The molecule has 8 heteroatoms. The van der Waals surface area contributed by atoms with Crippen LogP contribution in [0, 0.1) is 11.8 Å². The maximum Gasteiger partial charge on any atom is 0.407 e. The third-order valence-corrected chi connectivity index (χ3v) is 7.56. The summed E-state index contributed by atoms with van der Waals surface area (Å²) in [6, 6.07) is 24.7. The number of fused-ring (bicyclic) bond motifs is 3. The predicted octanol–water partition coefficient (Wildman–Crippen LogP) is 5.75. The van der Waals surface area contributed by atoms with Crippen LogP contribution in [-0.2, 0) is 25.7 Å². The second kappa shape index (κ2) is 14.6.